The van der Waals surface area contributed by atoms with E-state index in [1.807, 2.05) is 0 Å². The molecule has 1 aromatic rings. The summed E-state index contributed by atoms with van der Waals surface area (Å²) in [5.74, 6) is 0. The fraction of sp³-hybridized carbons (Fsp3) is 0.333. The van der Waals surface area contributed by atoms with E-state index in [0.717, 1.165) is 10.5 Å². The van der Waals surface area contributed by atoms with Crippen LogP contribution in [0.15, 0.2) is 48.1 Å². The van der Waals surface area contributed by atoms with Gasteiger partial charge in [0, 0.05) is 10.5 Å². The van der Waals surface area contributed by atoms with E-state index in [0.29, 0.717) is 0 Å². The van der Waals surface area contributed by atoms with Crippen LogP contribution >= 0.6 is 11.8 Å². The monoisotopic (exact) mass is 228 g/mol. The van der Waals surface area contributed by atoms with Crippen molar-refractivity contribution in [3.8, 4) is 0 Å². The quantitative estimate of drug-likeness (QED) is 0.727. The lowest BCUT2D eigenvalue weighted by atomic mass is 10.1. The first-order valence-electron chi connectivity index (χ1n) is 5.99. The van der Waals surface area contributed by atoms with E-state index in [-0.39, 0.29) is 0 Å². The molecule has 1 heteroatoms. The molecule has 0 amide bonds. The highest BCUT2D eigenvalue weighted by Crippen LogP contribution is 2.42. The lowest BCUT2D eigenvalue weighted by Gasteiger charge is -2.16. The van der Waals surface area contributed by atoms with Gasteiger partial charge in [-0.15, -0.1) is 0 Å². The fourth-order valence-corrected chi connectivity index (χ4v) is 4.05. The second-order valence-corrected chi connectivity index (χ2v) is 6.11. The Morgan fingerprint density at radius 2 is 1.94 bits per heavy atom. The molecule has 2 atom stereocenters. The van der Waals surface area contributed by atoms with Gasteiger partial charge in [0.15, 0.2) is 0 Å². The highest BCUT2D eigenvalue weighted by molar-refractivity contribution is 8.01. The maximum absolute atomic E-state index is 2.47. The van der Waals surface area contributed by atoms with Crippen LogP contribution in [0.25, 0.3) is 6.08 Å². The van der Waals surface area contributed by atoms with E-state index in [4.69, 9.17) is 0 Å². The van der Waals surface area contributed by atoms with Gasteiger partial charge in [0.1, 0.15) is 0 Å². The van der Waals surface area contributed by atoms with Crippen molar-refractivity contribution in [3.63, 3.8) is 0 Å². The zero-order valence-corrected chi connectivity index (χ0v) is 10.1. The van der Waals surface area contributed by atoms with Crippen LogP contribution in [0.5, 0.6) is 0 Å². The van der Waals surface area contributed by atoms with Crippen molar-refractivity contribution in [2.24, 2.45) is 0 Å². The summed E-state index contributed by atoms with van der Waals surface area (Å²) in [5.41, 5.74) is 2.84. The molecule has 0 nitrogen and oxygen atoms in total. The standard InChI is InChI=1S/C15H16S/c1-2-4-12(5-3-1)6-7-13-10-14-8-9-15(11-13)16-14/h1-7,10,14-15H,8-9,11H2/b7-6+/t14-,15+/m0/s1. The van der Waals surface area contributed by atoms with Crippen molar-refractivity contribution < 1.29 is 0 Å². The Labute approximate surface area is 101 Å². The number of thioether (sulfide) groups is 1. The third-order valence-electron chi connectivity index (χ3n) is 3.29. The van der Waals surface area contributed by atoms with Gasteiger partial charge in [-0.3, -0.25) is 0 Å². The molecule has 1 saturated heterocycles. The van der Waals surface area contributed by atoms with Gasteiger partial charge in [-0.05, 0) is 30.4 Å². The van der Waals surface area contributed by atoms with Crippen LogP contribution in [0.1, 0.15) is 24.8 Å². The molecule has 0 saturated carbocycles. The molecule has 16 heavy (non-hydrogen) atoms. The predicted octanol–water partition coefficient (Wildman–Crippen LogP) is 4.29. The molecular formula is C15H16S. The summed E-state index contributed by atoms with van der Waals surface area (Å²) in [7, 11) is 0. The maximum Gasteiger partial charge on any atom is 0.0236 e. The average molecular weight is 228 g/mol. The molecule has 1 fully saturated rings. The van der Waals surface area contributed by atoms with Gasteiger partial charge in [0.05, 0.1) is 0 Å². The van der Waals surface area contributed by atoms with Gasteiger partial charge in [-0.2, -0.15) is 11.8 Å². The Bertz CT molecular complexity index is 416. The molecule has 1 aromatic carbocycles. The summed E-state index contributed by atoms with van der Waals surface area (Å²) in [6.45, 7) is 0. The summed E-state index contributed by atoms with van der Waals surface area (Å²) in [6.07, 6.45) is 11.1. The predicted molar refractivity (Wildman–Crippen MR) is 72.6 cm³/mol. The van der Waals surface area contributed by atoms with Crippen molar-refractivity contribution in [2.75, 3.05) is 0 Å². The van der Waals surface area contributed by atoms with E-state index in [9.17, 15) is 0 Å². The molecule has 0 unspecified atom stereocenters. The Balaban J connectivity index is 1.73. The highest BCUT2D eigenvalue weighted by Gasteiger charge is 2.28. The average Bonchev–Trinajstić information content (AvgIpc) is 2.67. The number of allylic oxidation sites excluding steroid dienone is 2. The number of benzene rings is 1. The molecule has 0 spiro atoms. The molecule has 0 N–H and O–H groups in total. The first kappa shape index (κ1) is 10.2. The molecule has 0 aliphatic carbocycles. The lowest BCUT2D eigenvalue weighted by Crippen LogP contribution is -2.04. The van der Waals surface area contributed by atoms with Gasteiger partial charge in [-0.25, -0.2) is 0 Å². The minimum atomic E-state index is 0.800. The summed E-state index contributed by atoms with van der Waals surface area (Å²) in [6, 6.07) is 10.6. The topological polar surface area (TPSA) is 0 Å². The van der Waals surface area contributed by atoms with Crippen molar-refractivity contribution in [1.29, 1.82) is 0 Å². The summed E-state index contributed by atoms with van der Waals surface area (Å²) >= 11 is 2.17. The van der Waals surface area contributed by atoms with E-state index in [1.165, 1.54) is 30.4 Å². The van der Waals surface area contributed by atoms with Crippen LogP contribution in [0.3, 0.4) is 0 Å². The lowest BCUT2D eigenvalue weighted by molar-refractivity contribution is 0.781. The minimum absolute atomic E-state index is 0.800. The molecule has 2 aliphatic heterocycles. The summed E-state index contributed by atoms with van der Waals surface area (Å²) in [5, 5.41) is 1.69. The molecule has 2 heterocycles. The van der Waals surface area contributed by atoms with Gasteiger partial charge < -0.3 is 0 Å². The van der Waals surface area contributed by atoms with Crippen LogP contribution in [0.2, 0.25) is 0 Å². The zero-order chi connectivity index (χ0) is 10.8. The van der Waals surface area contributed by atoms with Crippen molar-refractivity contribution in [3.05, 3.63) is 53.6 Å². The van der Waals surface area contributed by atoms with E-state index >= 15 is 0 Å². The van der Waals surface area contributed by atoms with Crippen LogP contribution in [0, 0.1) is 0 Å². The largest absolute Gasteiger partial charge is 0.151 e. The third-order valence-corrected chi connectivity index (χ3v) is 4.80. The van der Waals surface area contributed by atoms with Gasteiger partial charge >= 0.3 is 0 Å². The smallest absolute Gasteiger partial charge is 0.0236 e. The maximum atomic E-state index is 2.47. The Morgan fingerprint density at radius 1 is 1.06 bits per heavy atom. The third kappa shape index (κ3) is 2.25. The van der Waals surface area contributed by atoms with Gasteiger partial charge in [0.2, 0.25) is 0 Å². The molecule has 2 bridgehead atoms. The number of rotatable bonds is 2. The normalized spacial score (nSPS) is 28.4. The van der Waals surface area contributed by atoms with E-state index in [1.54, 1.807) is 0 Å². The Kier molecular flexibility index (Phi) is 2.88. The molecule has 82 valence electrons. The fourth-order valence-electron chi connectivity index (χ4n) is 2.47. The summed E-state index contributed by atoms with van der Waals surface area (Å²) < 4.78 is 0. The number of hydrogen-bond donors (Lipinski definition) is 0. The highest BCUT2D eigenvalue weighted by atomic mass is 32.2. The molecule has 3 rings (SSSR count). The van der Waals surface area contributed by atoms with Gasteiger partial charge in [0.25, 0.3) is 0 Å². The van der Waals surface area contributed by atoms with Crippen LogP contribution in [-0.2, 0) is 0 Å². The van der Waals surface area contributed by atoms with Crippen molar-refractivity contribution in [1.82, 2.24) is 0 Å². The second-order valence-electron chi connectivity index (χ2n) is 4.56. The number of fused-ring (bicyclic) bond motifs is 2. The first-order valence-corrected chi connectivity index (χ1v) is 6.94. The van der Waals surface area contributed by atoms with Crippen LogP contribution < -0.4 is 0 Å². The molecule has 2 aliphatic rings. The molecule has 0 radical (unpaired) electrons. The summed E-state index contributed by atoms with van der Waals surface area (Å²) in [4.78, 5) is 0. The first-order chi connectivity index (χ1) is 7.90. The molecule has 0 aromatic heterocycles. The van der Waals surface area contributed by atoms with Crippen molar-refractivity contribution >= 4 is 17.8 Å². The number of hydrogen-bond acceptors (Lipinski definition) is 1. The van der Waals surface area contributed by atoms with Crippen LogP contribution in [0.4, 0.5) is 0 Å². The van der Waals surface area contributed by atoms with E-state index < -0.39 is 0 Å². The Hall–Kier alpha value is -0.950. The van der Waals surface area contributed by atoms with Crippen LogP contribution in [-0.4, -0.2) is 10.5 Å². The van der Waals surface area contributed by atoms with Gasteiger partial charge in [-0.1, -0.05) is 48.6 Å². The molecular weight excluding hydrogens is 212 g/mol. The van der Waals surface area contributed by atoms with E-state index in [2.05, 4.69) is 60.3 Å². The zero-order valence-electron chi connectivity index (χ0n) is 9.30. The Morgan fingerprint density at radius 3 is 2.75 bits per heavy atom. The van der Waals surface area contributed by atoms with Crippen molar-refractivity contribution in [2.45, 2.75) is 29.8 Å². The minimum Gasteiger partial charge on any atom is -0.151 e. The second kappa shape index (κ2) is 4.50. The SMILES string of the molecule is C1=C(/C=C/c2ccccc2)C[C@H]2CC[C@@H]1S2.